The molecule has 7 heteroatoms. The number of carbonyl (C=O) groups is 2. The molecule has 2 N–H and O–H groups in total. The third-order valence-electron chi connectivity index (χ3n) is 6.86. The van der Waals surface area contributed by atoms with Crippen LogP contribution in [-0.2, 0) is 9.59 Å². The zero-order chi connectivity index (χ0) is 20.3. The summed E-state index contributed by atoms with van der Waals surface area (Å²) in [6, 6.07) is 5.69. The van der Waals surface area contributed by atoms with Crippen molar-refractivity contribution in [2.24, 2.45) is 28.6 Å². The first-order valence-electron chi connectivity index (χ1n) is 9.59. The van der Waals surface area contributed by atoms with Gasteiger partial charge in [-0.15, -0.1) is 0 Å². The Morgan fingerprint density at radius 3 is 2.36 bits per heavy atom. The van der Waals surface area contributed by atoms with Crippen LogP contribution >= 0.6 is 12.2 Å². The van der Waals surface area contributed by atoms with E-state index in [1.165, 1.54) is 24.3 Å². The van der Waals surface area contributed by atoms with Crippen molar-refractivity contribution in [1.82, 2.24) is 10.4 Å². The molecule has 5 rings (SSSR count). The van der Waals surface area contributed by atoms with E-state index in [1.54, 1.807) is 0 Å². The maximum absolute atomic E-state index is 13.3. The van der Waals surface area contributed by atoms with Crippen LogP contribution in [0.5, 0.6) is 0 Å². The largest absolute Gasteiger partial charge is 0.331 e. The van der Waals surface area contributed by atoms with Gasteiger partial charge in [-0.05, 0) is 60.7 Å². The number of fused-ring (bicyclic) bond motifs is 1. The van der Waals surface area contributed by atoms with Gasteiger partial charge in [0.05, 0.1) is 11.8 Å². The number of rotatable bonds is 3. The van der Waals surface area contributed by atoms with Gasteiger partial charge in [-0.25, -0.2) is 4.39 Å². The maximum atomic E-state index is 13.3. The van der Waals surface area contributed by atoms with Crippen molar-refractivity contribution in [3.05, 3.63) is 42.2 Å². The fraction of sp³-hybridized carbons (Fsp3) is 0.476. The monoisotopic (exact) mass is 401 g/mol. The SMILES string of the molecule is CC(C)[C@@]12C=C[C@@](C)(CC1)C1C(=O)N(NC(=S)Nc3ccc(F)cc3)C(=O)C12. The van der Waals surface area contributed by atoms with Crippen LogP contribution in [-0.4, -0.2) is 21.9 Å². The summed E-state index contributed by atoms with van der Waals surface area (Å²) in [6.45, 7) is 6.29. The van der Waals surface area contributed by atoms with Crippen molar-refractivity contribution in [3.63, 3.8) is 0 Å². The Kier molecular flexibility index (Phi) is 4.34. The number of allylic oxidation sites excluding steroid dienone is 2. The first-order chi connectivity index (χ1) is 13.2. The molecule has 2 fully saturated rings. The minimum Gasteiger partial charge on any atom is -0.331 e. The smallest absolute Gasteiger partial charge is 0.253 e. The third-order valence-corrected chi connectivity index (χ3v) is 7.05. The summed E-state index contributed by atoms with van der Waals surface area (Å²) in [5.41, 5.74) is 2.74. The fourth-order valence-electron chi connectivity index (χ4n) is 5.14. The van der Waals surface area contributed by atoms with Gasteiger partial charge in [0.15, 0.2) is 5.11 Å². The molecule has 0 radical (unpaired) electrons. The summed E-state index contributed by atoms with van der Waals surface area (Å²) >= 11 is 5.28. The van der Waals surface area contributed by atoms with Crippen LogP contribution in [0, 0.1) is 34.4 Å². The Hall–Kier alpha value is -2.28. The lowest BCUT2D eigenvalue weighted by Gasteiger charge is -2.55. The van der Waals surface area contributed by atoms with Crippen LogP contribution < -0.4 is 10.7 Å². The zero-order valence-electron chi connectivity index (χ0n) is 16.2. The zero-order valence-corrected chi connectivity index (χ0v) is 17.0. The topological polar surface area (TPSA) is 61.4 Å². The average Bonchev–Trinajstić information content (AvgIpc) is 2.91. The first-order valence-corrected chi connectivity index (χ1v) is 10.0. The van der Waals surface area contributed by atoms with Crippen molar-refractivity contribution >= 4 is 34.8 Å². The molecule has 1 saturated carbocycles. The van der Waals surface area contributed by atoms with Crippen molar-refractivity contribution in [3.8, 4) is 0 Å². The molecule has 0 aromatic heterocycles. The predicted octanol–water partition coefficient (Wildman–Crippen LogP) is 3.64. The maximum Gasteiger partial charge on any atom is 0.253 e. The molecule has 148 valence electrons. The summed E-state index contributed by atoms with van der Waals surface area (Å²) in [4.78, 5) is 26.5. The molecule has 2 amide bonds. The molecule has 2 unspecified atom stereocenters. The molecule has 3 aliphatic carbocycles. The van der Waals surface area contributed by atoms with E-state index in [4.69, 9.17) is 12.2 Å². The van der Waals surface area contributed by atoms with Crippen molar-refractivity contribution in [2.75, 3.05) is 5.32 Å². The number of carbonyl (C=O) groups excluding carboxylic acids is 2. The van der Waals surface area contributed by atoms with Gasteiger partial charge in [-0.3, -0.25) is 15.0 Å². The lowest BCUT2D eigenvalue weighted by atomic mass is 9.46. The second-order valence-corrected chi connectivity index (χ2v) is 9.05. The molecular formula is C21H24FN3O2S. The number of amides is 2. The Morgan fingerprint density at radius 2 is 1.79 bits per heavy atom. The second kappa shape index (κ2) is 6.37. The molecule has 1 aliphatic heterocycles. The van der Waals surface area contributed by atoms with Gasteiger partial charge < -0.3 is 5.32 Å². The van der Waals surface area contributed by atoms with Gasteiger partial charge in [-0.1, -0.05) is 32.9 Å². The Labute approximate surface area is 169 Å². The van der Waals surface area contributed by atoms with Crippen LogP contribution in [0.2, 0.25) is 0 Å². The molecule has 2 bridgehead atoms. The fourth-order valence-corrected chi connectivity index (χ4v) is 5.34. The third kappa shape index (κ3) is 2.67. The van der Waals surface area contributed by atoms with Gasteiger partial charge in [0, 0.05) is 11.1 Å². The highest BCUT2D eigenvalue weighted by Crippen LogP contribution is 2.63. The van der Waals surface area contributed by atoms with Crippen LogP contribution in [0.3, 0.4) is 0 Å². The van der Waals surface area contributed by atoms with E-state index >= 15 is 0 Å². The Morgan fingerprint density at radius 1 is 1.14 bits per heavy atom. The molecule has 1 aromatic rings. The van der Waals surface area contributed by atoms with E-state index in [1.807, 2.05) is 0 Å². The number of hydrazine groups is 1. The predicted molar refractivity (Wildman–Crippen MR) is 108 cm³/mol. The first kappa shape index (κ1) is 19.1. The standard InChI is InChI=1S/C21H24FN3O2S/c1-12(2)21-10-8-20(3,9-11-21)15-16(21)18(27)25(17(15)26)24-19(28)23-14-6-4-13(22)5-7-14/h4-8,10,12,15-16H,9,11H2,1-3H3,(H2,23,24,28)/t15?,16?,20-,21+/m0/s1. The average molecular weight is 402 g/mol. The van der Waals surface area contributed by atoms with E-state index in [2.05, 4.69) is 43.7 Å². The summed E-state index contributed by atoms with van der Waals surface area (Å²) in [7, 11) is 0. The number of thiocarbonyl (C=S) groups is 1. The van der Waals surface area contributed by atoms with Gasteiger partial charge in [0.1, 0.15) is 5.82 Å². The molecule has 28 heavy (non-hydrogen) atoms. The van der Waals surface area contributed by atoms with Gasteiger partial charge in [-0.2, -0.15) is 5.01 Å². The highest BCUT2D eigenvalue weighted by atomic mass is 32.1. The molecule has 4 aliphatic rings. The van der Waals surface area contributed by atoms with Crippen molar-refractivity contribution in [2.45, 2.75) is 33.6 Å². The molecule has 5 nitrogen and oxygen atoms in total. The van der Waals surface area contributed by atoms with E-state index in [0.29, 0.717) is 5.69 Å². The summed E-state index contributed by atoms with van der Waals surface area (Å²) in [5, 5.41) is 4.10. The van der Waals surface area contributed by atoms with Crippen LogP contribution in [0.1, 0.15) is 33.6 Å². The number of nitrogens with zero attached hydrogens (tertiary/aromatic N) is 1. The minimum atomic E-state index is -0.373. The van der Waals surface area contributed by atoms with Crippen LogP contribution in [0.4, 0.5) is 10.1 Å². The normalized spacial score (nSPS) is 33.4. The lowest BCUT2D eigenvalue weighted by Crippen LogP contribution is -2.53. The van der Waals surface area contributed by atoms with Crippen molar-refractivity contribution < 1.29 is 14.0 Å². The molecular weight excluding hydrogens is 377 g/mol. The van der Waals surface area contributed by atoms with Crippen LogP contribution in [0.25, 0.3) is 0 Å². The van der Waals surface area contributed by atoms with E-state index < -0.39 is 0 Å². The summed E-state index contributed by atoms with van der Waals surface area (Å²) < 4.78 is 13.1. The molecule has 1 aromatic carbocycles. The van der Waals surface area contributed by atoms with Crippen molar-refractivity contribution in [1.29, 1.82) is 0 Å². The Balaban J connectivity index is 1.58. The highest BCUT2D eigenvalue weighted by molar-refractivity contribution is 7.80. The number of hydrogen-bond donors (Lipinski definition) is 2. The quantitative estimate of drug-likeness (QED) is 0.460. The molecule has 0 spiro atoms. The number of benzene rings is 1. The summed E-state index contributed by atoms with van der Waals surface area (Å²) in [5.74, 6) is -1.29. The van der Waals surface area contributed by atoms with E-state index in [-0.39, 0.29) is 51.3 Å². The van der Waals surface area contributed by atoms with Gasteiger partial charge >= 0.3 is 0 Å². The highest BCUT2D eigenvalue weighted by Gasteiger charge is 2.67. The van der Waals surface area contributed by atoms with Gasteiger partial charge in [0.25, 0.3) is 11.8 Å². The number of hydrogen-bond acceptors (Lipinski definition) is 3. The molecule has 1 saturated heterocycles. The molecule has 4 atom stereocenters. The number of imide groups is 1. The number of nitrogens with one attached hydrogen (secondary N) is 2. The lowest BCUT2D eigenvalue weighted by molar-refractivity contribution is -0.142. The van der Waals surface area contributed by atoms with Crippen LogP contribution in [0.15, 0.2) is 36.4 Å². The minimum absolute atomic E-state index is 0.121. The van der Waals surface area contributed by atoms with Gasteiger partial charge in [0.2, 0.25) is 0 Å². The summed E-state index contributed by atoms with van der Waals surface area (Å²) in [6.07, 6.45) is 6.12. The number of halogens is 1. The molecule has 1 heterocycles. The van der Waals surface area contributed by atoms with E-state index in [9.17, 15) is 14.0 Å². The van der Waals surface area contributed by atoms with E-state index in [0.717, 1.165) is 17.9 Å². The second-order valence-electron chi connectivity index (χ2n) is 8.65. The Bertz CT molecular complexity index is 884. The number of anilines is 1.